The van der Waals surface area contributed by atoms with Crippen molar-refractivity contribution in [3.05, 3.63) is 63.6 Å². The Morgan fingerprint density at radius 1 is 1.00 bits per heavy atom. The average molecular weight is 290 g/mol. The van der Waals surface area contributed by atoms with E-state index in [-0.39, 0.29) is 0 Å². The molecule has 88 valence electrons. The van der Waals surface area contributed by atoms with Crippen molar-refractivity contribution >= 4 is 21.6 Å². The Morgan fingerprint density at radius 3 is 2.47 bits per heavy atom. The fourth-order valence-electron chi connectivity index (χ4n) is 1.76. The van der Waals surface area contributed by atoms with Crippen LogP contribution in [0.4, 0.5) is 5.69 Å². The smallest absolute Gasteiger partial charge is 0.0403 e. The minimum Gasteiger partial charge on any atom is -0.381 e. The maximum Gasteiger partial charge on any atom is 0.0403 e. The maximum absolute atomic E-state index is 3.51. The number of nitrogens with one attached hydrogen (secondary N) is 1. The summed E-state index contributed by atoms with van der Waals surface area (Å²) in [4.78, 5) is 0. The van der Waals surface area contributed by atoms with Crippen molar-refractivity contribution < 1.29 is 0 Å². The highest BCUT2D eigenvalue weighted by Gasteiger charge is 1.99. The number of hydrogen-bond donors (Lipinski definition) is 1. The first-order chi connectivity index (χ1) is 8.16. The molecule has 1 N–H and O–H groups in total. The molecule has 2 aromatic carbocycles. The van der Waals surface area contributed by atoms with Gasteiger partial charge in [0.1, 0.15) is 0 Å². The Morgan fingerprint density at radius 2 is 1.76 bits per heavy atom. The molecule has 0 unspecified atom stereocenters. The molecule has 0 fully saturated rings. The van der Waals surface area contributed by atoms with E-state index in [1.165, 1.54) is 16.7 Å². The van der Waals surface area contributed by atoms with Gasteiger partial charge in [-0.15, -0.1) is 0 Å². The van der Waals surface area contributed by atoms with Crippen LogP contribution < -0.4 is 5.32 Å². The molecule has 2 aromatic rings. The zero-order chi connectivity index (χ0) is 12.3. The van der Waals surface area contributed by atoms with Crippen molar-refractivity contribution in [1.82, 2.24) is 0 Å². The van der Waals surface area contributed by atoms with Crippen LogP contribution in [0.15, 0.2) is 46.9 Å². The summed E-state index contributed by atoms with van der Waals surface area (Å²) in [5, 5.41) is 3.45. The lowest BCUT2D eigenvalue weighted by Gasteiger charge is -2.10. The van der Waals surface area contributed by atoms with E-state index >= 15 is 0 Å². The predicted octanol–water partition coefficient (Wildman–Crippen LogP) is 4.68. The topological polar surface area (TPSA) is 12.0 Å². The molecular formula is C15H16BrN. The van der Waals surface area contributed by atoms with Crippen molar-refractivity contribution in [3.8, 4) is 0 Å². The lowest BCUT2D eigenvalue weighted by molar-refractivity contribution is 1.12. The summed E-state index contributed by atoms with van der Waals surface area (Å²) in [7, 11) is 0. The van der Waals surface area contributed by atoms with Gasteiger partial charge in [0.2, 0.25) is 0 Å². The summed E-state index contributed by atoms with van der Waals surface area (Å²) >= 11 is 3.51. The quantitative estimate of drug-likeness (QED) is 0.865. The molecule has 0 aliphatic heterocycles. The van der Waals surface area contributed by atoms with Crippen molar-refractivity contribution in [2.75, 3.05) is 5.32 Å². The van der Waals surface area contributed by atoms with Gasteiger partial charge in [-0.25, -0.2) is 0 Å². The van der Waals surface area contributed by atoms with Gasteiger partial charge in [-0.2, -0.15) is 0 Å². The van der Waals surface area contributed by atoms with Gasteiger partial charge in [-0.3, -0.25) is 0 Å². The predicted molar refractivity (Wildman–Crippen MR) is 77.4 cm³/mol. The summed E-state index contributed by atoms with van der Waals surface area (Å²) in [6.45, 7) is 5.11. The molecule has 0 radical (unpaired) electrons. The van der Waals surface area contributed by atoms with E-state index in [0.29, 0.717) is 0 Å². The molecule has 0 aromatic heterocycles. The van der Waals surface area contributed by atoms with Gasteiger partial charge >= 0.3 is 0 Å². The molecule has 0 amide bonds. The number of rotatable bonds is 3. The Labute approximate surface area is 111 Å². The molecule has 17 heavy (non-hydrogen) atoms. The van der Waals surface area contributed by atoms with Crippen LogP contribution in [0.3, 0.4) is 0 Å². The highest BCUT2D eigenvalue weighted by atomic mass is 79.9. The summed E-state index contributed by atoms with van der Waals surface area (Å²) < 4.78 is 1.15. The van der Waals surface area contributed by atoms with Crippen LogP contribution >= 0.6 is 15.9 Å². The first-order valence-corrected chi connectivity index (χ1v) is 6.50. The normalized spacial score (nSPS) is 10.3. The largest absolute Gasteiger partial charge is 0.381 e. The van der Waals surface area contributed by atoms with E-state index in [1.807, 2.05) is 0 Å². The molecule has 2 heteroatoms. The van der Waals surface area contributed by atoms with Crippen molar-refractivity contribution in [1.29, 1.82) is 0 Å². The number of aryl methyl sites for hydroxylation is 2. The van der Waals surface area contributed by atoms with E-state index in [4.69, 9.17) is 0 Å². The molecule has 0 bridgehead atoms. The third kappa shape index (κ3) is 3.10. The van der Waals surface area contributed by atoms with Crippen LogP contribution in [-0.2, 0) is 6.54 Å². The lowest BCUT2D eigenvalue weighted by Crippen LogP contribution is -2.01. The van der Waals surface area contributed by atoms with Gasteiger partial charge in [-0.05, 0) is 48.7 Å². The second-order valence-corrected chi connectivity index (χ2v) is 5.10. The highest BCUT2D eigenvalue weighted by Crippen LogP contribution is 2.20. The van der Waals surface area contributed by atoms with Gasteiger partial charge in [0.25, 0.3) is 0 Å². The Balaban J connectivity index is 2.08. The first kappa shape index (κ1) is 12.2. The number of anilines is 1. The first-order valence-electron chi connectivity index (χ1n) is 5.71. The third-order valence-corrected chi connectivity index (χ3v) is 3.79. The molecule has 0 saturated heterocycles. The average Bonchev–Trinajstić information content (AvgIpc) is 2.32. The summed E-state index contributed by atoms with van der Waals surface area (Å²) in [5.74, 6) is 0. The molecule has 2 rings (SSSR count). The van der Waals surface area contributed by atoms with E-state index in [1.54, 1.807) is 0 Å². The fraction of sp³-hybridized carbons (Fsp3) is 0.200. The lowest BCUT2D eigenvalue weighted by atomic mass is 10.1. The van der Waals surface area contributed by atoms with Gasteiger partial charge in [0, 0.05) is 16.7 Å². The summed E-state index contributed by atoms with van der Waals surface area (Å²) in [5.41, 5.74) is 5.08. The highest BCUT2D eigenvalue weighted by molar-refractivity contribution is 9.10. The van der Waals surface area contributed by atoms with E-state index < -0.39 is 0 Å². The number of benzene rings is 2. The van der Waals surface area contributed by atoms with Crippen LogP contribution in [0.5, 0.6) is 0 Å². The monoisotopic (exact) mass is 289 g/mol. The van der Waals surface area contributed by atoms with Crippen molar-refractivity contribution in [2.24, 2.45) is 0 Å². The van der Waals surface area contributed by atoms with E-state index in [9.17, 15) is 0 Å². The maximum atomic E-state index is 3.51. The van der Waals surface area contributed by atoms with Crippen LogP contribution in [0.1, 0.15) is 16.7 Å². The van der Waals surface area contributed by atoms with Gasteiger partial charge in [0.15, 0.2) is 0 Å². The van der Waals surface area contributed by atoms with E-state index in [2.05, 4.69) is 77.6 Å². The van der Waals surface area contributed by atoms with Gasteiger partial charge in [-0.1, -0.05) is 40.2 Å². The van der Waals surface area contributed by atoms with Crippen LogP contribution in [0.2, 0.25) is 0 Å². The number of halogens is 1. The minimum absolute atomic E-state index is 0.869. The number of hydrogen-bond acceptors (Lipinski definition) is 1. The molecule has 0 heterocycles. The Bertz CT molecular complexity index is 520. The second-order valence-electron chi connectivity index (χ2n) is 4.24. The van der Waals surface area contributed by atoms with Crippen LogP contribution in [0, 0.1) is 13.8 Å². The zero-order valence-corrected chi connectivity index (χ0v) is 11.7. The molecular weight excluding hydrogens is 274 g/mol. The fourth-order valence-corrected chi connectivity index (χ4v) is 2.01. The summed E-state index contributed by atoms with van der Waals surface area (Å²) in [6, 6.07) is 14.8. The zero-order valence-electron chi connectivity index (χ0n) is 10.1. The Hall–Kier alpha value is -1.28. The molecule has 0 atom stereocenters. The standard InChI is InChI=1S/C15H16BrN/c1-11-5-3-4-6-13(11)10-17-14-7-8-15(16)12(2)9-14/h3-9,17H,10H2,1-2H3. The Kier molecular flexibility index (Phi) is 3.85. The van der Waals surface area contributed by atoms with Gasteiger partial charge in [0.05, 0.1) is 0 Å². The van der Waals surface area contributed by atoms with Gasteiger partial charge < -0.3 is 5.32 Å². The molecule has 1 nitrogen and oxygen atoms in total. The second kappa shape index (κ2) is 5.37. The molecule has 0 aliphatic rings. The van der Waals surface area contributed by atoms with Crippen LogP contribution in [0.25, 0.3) is 0 Å². The van der Waals surface area contributed by atoms with Crippen LogP contribution in [-0.4, -0.2) is 0 Å². The minimum atomic E-state index is 0.869. The van der Waals surface area contributed by atoms with E-state index in [0.717, 1.165) is 16.7 Å². The molecule has 0 saturated carbocycles. The SMILES string of the molecule is Cc1cc(NCc2ccccc2C)ccc1Br. The molecule has 0 aliphatic carbocycles. The summed E-state index contributed by atoms with van der Waals surface area (Å²) in [6.07, 6.45) is 0. The van der Waals surface area contributed by atoms with Crippen molar-refractivity contribution in [2.45, 2.75) is 20.4 Å². The third-order valence-electron chi connectivity index (χ3n) is 2.90. The van der Waals surface area contributed by atoms with Crippen molar-refractivity contribution in [3.63, 3.8) is 0 Å². The molecule has 0 spiro atoms.